The van der Waals surface area contributed by atoms with Crippen molar-refractivity contribution < 1.29 is 8.42 Å². The third kappa shape index (κ3) is 3.62. The summed E-state index contributed by atoms with van der Waals surface area (Å²) in [5, 5.41) is 3.56. The number of nitrogens with zero attached hydrogens (tertiary/aromatic N) is 1. The number of nitrogens with one attached hydrogen (secondary N) is 1. The molecule has 21 heavy (non-hydrogen) atoms. The molecule has 3 rings (SSSR count). The Morgan fingerprint density at radius 3 is 3.00 bits per heavy atom. The highest BCUT2D eigenvalue weighted by atomic mass is 32.2. The number of hydrogen-bond acceptors (Lipinski definition) is 4. The monoisotopic (exact) mass is 326 g/mol. The lowest BCUT2D eigenvalue weighted by molar-refractivity contribution is 0.423. The maximum atomic E-state index is 11.8. The van der Waals surface area contributed by atoms with Gasteiger partial charge in [0.2, 0.25) is 10.0 Å². The second kappa shape index (κ2) is 6.69. The SMILES string of the molecule is O=S1(=O)CCCN1CCNC1CSCCc2ccccc21. The molecule has 0 amide bonds. The average Bonchev–Trinajstić information content (AvgIpc) is 2.70. The Hall–Kier alpha value is -0.560. The molecule has 0 saturated carbocycles. The standard InChI is InChI=1S/C15H22N2O2S2/c18-21(19)11-3-8-17(21)9-7-16-15-12-20-10-6-13-4-1-2-5-14(13)15/h1-2,4-5,15-16H,3,6-12H2. The van der Waals surface area contributed by atoms with Gasteiger partial charge in [-0.3, -0.25) is 0 Å². The molecule has 1 saturated heterocycles. The Kier molecular flexibility index (Phi) is 4.88. The summed E-state index contributed by atoms with van der Waals surface area (Å²) < 4.78 is 25.2. The van der Waals surface area contributed by atoms with Crippen LogP contribution in [0.5, 0.6) is 0 Å². The molecule has 1 N–H and O–H groups in total. The van der Waals surface area contributed by atoms with Crippen molar-refractivity contribution in [3.8, 4) is 0 Å². The van der Waals surface area contributed by atoms with Crippen molar-refractivity contribution in [2.75, 3.05) is 36.9 Å². The van der Waals surface area contributed by atoms with Crippen LogP contribution in [0, 0.1) is 0 Å². The first-order chi connectivity index (χ1) is 10.2. The van der Waals surface area contributed by atoms with E-state index in [0.29, 0.717) is 24.9 Å². The van der Waals surface area contributed by atoms with Crippen LogP contribution in [0.1, 0.15) is 23.6 Å². The van der Waals surface area contributed by atoms with E-state index in [0.717, 1.165) is 30.9 Å². The highest BCUT2D eigenvalue weighted by Crippen LogP contribution is 2.27. The molecule has 6 heteroatoms. The summed E-state index contributed by atoms with van der Waals surface area (Å²) in [6.07, 6.45) is 1.89. The number of fused-ring (bicyclic) bond motifs is 1. The molecule has 1 atom stereocenters. The first-order valence-electron chi connectivity index (χ1n) is 7.53. The first kappa shape index (κ1) is 15.3. The van der Waals surface area contributed by atoms with Crippen molar-refractivity contribution in [1.82, 2.24) is 9.62 Å². The average molecular weight is 326 g/mol. The fourth-order valence-corrected chi connectivity index (χ4v) is 5.64. The molecule has 116 valence electrons. The van der Waals surface area contributed by atoms with Gasteiger partial charge in [0, 0.05) is 31.4 Å². The van der Waals surface area contributed by atoms with Gasteiger partial charge in [-0.15, -0.1) is 0 Å². The van der Waals surface area contributed by atoms with E-state index >= 15 is 0 Å². The summed E-state index contributed by atoms with van der Waals surface area (Å²) in [5.74, 6) is 2.54. The zero-order chi connectivity index (χ0) is 14.7. The topological polar surface area (TPSA) is 49.4 Å². The molecule has 0 aliphatic carbocycles. The predicted molar refractivity (Wildman–Crippen MR) is 88.2 cm³/mol. The molecular formula is C15H22N2O2S2. The van der Waals surface area contributed by atoms with E-state index in [1.165, 1.54) is 11.1 Å². The molecule has 1 fully saturated rings. The lowest BCUT2D eigenvalue weighted by atomic mass is 10.00. The summed E-state index contributed by atoms with van der Waals surface area (Å²) in [4.78, 5) is 0. The molecule has 1 aromatic carbocycles. The van der Waals surface area contributed by atoms with Gasteiger partial charge in [0.1, 0.15) is 0 Å². The summed E-state index contributed by atoms with van der Waals surface area (Å²) in [7, 11) is -2.97. The Labute approximate surface area is 131 Å². The van der Waals surface area contributed by atoms with Crippen LogP contribution in [0.3, 0.4) is 0 Å². The Bertz CT molecular complexity index is 589. The molecular weight excluding hydrogens is 304 g/mol. The van der Waals surface area contributed by atoms with Gasteiger partial charge in [-0.05, 0) is 29.7 Å². The molecule has 2 aliphatic heterocycles. The number of hydrogen-bond donors (Lipinski definition) is 1. The van der Waals surface area contributed by atoms with E-state index in [9.17, 15) is 8.42 Å². The molecule has 2 heterocycles. The van der Waals surface area contributed by atoms with E-state index in [-0.39, 0.29) is 0 Å². The van der Waals surface area contributed by atoms with Crippen LogP contribution < -0.4 is 5.32 Å². The van der Waals surface area contributed by atoms with Gasteiger partial charge in [-0.1, -0.05) is 24.3 Å². The summed E-state index contributed by atoms with van der Waals surface area (Å²) >= 11 is 1.97. The van der Waals surface area contributed by atoms with Crippen LogP contribution in [0.15, 0.2) is 24.3 Å². The highest BCUT2D eigenvalue weighted by molar-refractivity contribution is 7.99. The molecule has 0 spiro atoms. The zero-order valence-corrected chi connectivity index (χ0v) is 13.8. The molecule has 1 unspecified atom stereocenters. The van der Waals surface area contributed by atoms with E-state index in [2.05, 4.69) is 29.6 Å². The summed E-state index contributed by atoms with van der Waals surface area (Å²) in [5.41, 5.74) is 2.81. The molecule has 1 aromatic rings. The lowest BCUT2D eigenvalue weighted by Gasteiger charge is -2.21. The van der Waals surface area contributed by atoms with Crippen molar-refractivity contribution >= 4 is 21.8 Å². The third-order valence-electron chi connectivity index (χ3n) is 4.19. The molecule has 0 radical (unpaired) electrons. The largest absolute Gasteiger partial charge is 0.308 e. The first-order valence-corrected chi connectivity index (χ1v) is 10.3. The van der Waals surface area contributed by atoms with Crippen LogP contribution in [0.2, 0.25) is 0 Å². The number of thioether (sulfide) groups is 1. The van der Waals surface area contributed by atoms with E-state index in [1.807, 2.05) is 11.8 Å². The molecule has 0 bridgehead atoms. The van der Waals surface area contributed by atoms with Crippen LogP contribution in [0.25, 0.3) is 0 Å². The fraction of sp³-hybridized carbons (Fsp3) is 0.600. The van der Waals surface area contributed by atoms with Crippen LogP contribution in [0.4, 0.5) is 0 Å². The zero-order valence-electron chi connectivity index (χ0n) is 12.1. The minimum atomic E-state index is -2.97. The van der Waals surface area contributed by atoms with Crippen molar-refractivity contribution in [2.45, 2.75) is 18.9 Å². The maximum Gasteiger partial charge on any atom is 0.214 e. The van der Waals surface area contributed by atoms with Crippen molar-refractivity contribution in [3.63, 3.8) is 0 Å². The second-order valence-electron chi connectivity index (χ2n) is 5.60. The van der Waals surface area contributed by atoms with Crippen molar-refractivity contribution in [1.29, 1.82) is 0 Å². The molecule has 0 aromatic heterocycles. The Balaban J connectivity index is 1.60. The highest BCUT2D eigenvalue weighted by Gasteiger charge is 2.27. The van der Waals surface area contributed by atoms with E-state index in [4.69, 9.17) is 0 Å². The predicted octanol–water partition coefficient (Wildman–Crippen LogP) is 1.64. The van der Waals surface area contributed by atoms with Crippen LogP contribution in [-0.2, 0) is 16.4 Å². The van der Waals surface area contributed by atoms with Gasteiger partial charge < -0.3 is 5.32 Å². The van der Waals surface area contributed by atoms with Gasteiger partial charge in [-0.25, -0.2) is 12.7 Å². The van der Waals surface area contributed by atoms with Crippen molar-refractivity contribution in [2.24, 2.45) is 0 Å². The minimum Gasteiger partial charge on any atom is -0.308 e. The second-order valence-corrected chi connectivity index (χ2v) is 8.84. The maximum absolute atomic E-state index is 11.8. The molecule has 2 aliphatic rings. The number of sulfonamides is 1. The van der Waals surface area contributed by atoms with Gasteiger partial charge in [0.15, 0.2) is 0 Å². The smallest absolute Gasteiger partial charge is 0.214 e. The number of aryl methyl sites for hydroxylation is 1. The third-order valence-corrected chi connectivity index (χ3v) is 7.20. The van der Waals surface area contributed by atoms with Crippen molar-refractivity contribution in [3.05, 3.63) is 35.4 Å². The van der Waals surface area contributed by atoms with Crippen LogP contribution >= 0.6 is 11.8 Å². The number of rotatable bonds is 4. The summed E-state index contributed by atoms with van der Waals surface area (Å²) in [6.45, 7) is 1.99. The van der Waals surface area contributed by atoms with E-state index < -0.39 is 10.0 Å². The fourth-order valence-electron chi connectivity index (χ4n) is 3.05. The van der Waals surface area contributed by atoms with Gasteiger partial charge in [0.05, 0.1) is 5.75 Å². The Morgan fingerprint density at radius 2 is 2.19 bits per heavy atom. The number of benzene rings is 1. The minimum absolute atomic E-state index is 0.315. The normalized spacial score (nSPS) is 25.4. The van der Waals surface area contributed by atoms with Gasteiger partial charge in [-0.2, -0.15) is 11.8 Å². The summed E-state index contributed by atoms with van der Waals surface area (Å²) in [6, 6.07) is 8.93. The molecule has 4 nitrogen and oxygen atoms in total. The van der Waals surface area contributed by atoms with Crippen LogP contribution in [-0.4, -0.2) is 49.6 Å². The quantitative estimate of drug-likeness (QED) is 0.914. The van der Waals surface area contributed by atoms with E-state index in [1.54, 1.807) is 4.31 Å². The lowest BCUT2D eigenvalue weighted by Crippen LogP contribution is -2.35. The Morgan fingerprint density at radius 1 is 1.33 bits per heavy atom. The van der Waals surface area contributed by atoms with Gasteiger partial charge >= 0.3 is 0 Å². The van der Waals surface area contributed by atoms with Gasteiger partial charge in [0.25, 0.3) is 0 Å².